The number of nitrogens with zero attached hydrogens (tertiary/aromatic N) is 4. The molecule has 1 aromatic carbocycles. The van der Waals surface area contributed by atoms with Crippen molar-refractivity contribution in [1.82, 2.24) is 5.06 Å². The average Bonchev–Trinajstić information content (AvgIpc) is 2.76. The molecule has 1 aliphatic heterocycles. The minimum absolute atomic E-state index is 0.228. The van der Waals surface area contributed by atoms with Gasteiger partial charge in [0.2, 0.25) is 5.90 Å². The van der Waals surface area contributed by atoms with Crippen LogP contribution in [0.15, 0.2) is 29.4 Å². The van der Waals surface area contributed by atoms with E-state index in [2.05, 4.69) is 10.0 Å². The average molecular weight is 323 g/mol. The molecule has 2 N–H and O–H groups in total. The predicted molar refractivity (Wildman–Crippen MR) is 74.2 cm³/mol. The van der Waals surface area contributed by atoms with Crippen molar-refractivity contribution in [3.05, 3.63) is 40.3 Å². The fraction of sp³-hybridized carbons (Fsp3) is 0.182. The molecule has 1 heterocycles. The third kappa shape index (κ3) is 3.11. The van der Waals surface area contributed by atoms with E-state index < -0.39 is 40.5 Å². The van der Waals surface area contributed by atoms with E-state index in [-0.39, 0.29) is 5.56 Å². The van der Waals surface area contributed by atoms with Gasteiger partial charge in [-0.05, 0) is 17.7 Å². The van der Waals surface area contributed by atoms with Gasteiger partial charge in [-0.2, -0.15) is 0 Å². The number of rotatable bonds is 4. The van der Waals surface area contributed by atoms with Gasteiger partial charge < -0.3 is 9.39 Å². The van der Waals surface area contributed by atoms with Crippen LogP contribution in [-0.2, 0) is 25.5 Å². The third-order valence-corrected chi connectivity index (χ3v) is 3.63. The SMILES string of the molecule is [N-]=[N+]=Nc1ccc(C(=N)ON2C(=O)CC(S(=O)O)C2=O)cc1. The summed E-state index contributed by atoms with van der Waals surface area (Å²) >= 11 is -2.49. The molecule has 114 valence electrons. The van der Waals surface area contributed by atoms with Gasteiger partial charge in [0.05, 0.1) is 6.42 Å². The zero-order chi connectivity index (χ0) is 16.3. The molecular formula is C11H9N5O5S. The molecule has 1 aromatic rings. The molecule has 1 saturated heterocycles. The predicted octanol–water partition coefficient (Wildman–Crippen LogP) is 1.23. The normalized spacial score (nSPS) is 18.8. The molecule has 0 spiro atoms. The fourth-order valence-electron chi connectivity index (χ4n) is 1.71. The van der Waals surface area contributed by atoms with Gasteiger partial charge in [-0.3, -0.25) is 15.0 Å². The Kier molecular flexibility index (Phi) is 4.51. The summed E-state index contributed by atoms with van der Waals surface area (Å²) < 4.78 is 19.8. The Morgan fingerprint density at radius 1 is 1.45 bits per heavy atom. The quantitative estimate of drug-likeness (QED) is 0.162. The number of imide groups is 1. The number of hydroxylamine groups is 2. The van der Waals surface area contributed by atoms with E-state index in [9.17, 15) is 13.8 Å². The lowest BCUT2D eigenvalue weighted by Gasteiger charge is -2.15. The second kappa shape index (κ2) is 6.35. The largest absolute Gasteiger partial charge is 0.349 e. The van der Waals surface area contributed by atoms with Crippen molar-refractivity contribution in [1.29, 1.82) is 5.41 Å². The van der Waals surface area contributed by atoms with Gasteiger partial charge in [-0.25, -0.2) is 4.21 Å². The van der Waals surface area contributed by atoms with Gasteiger partial charge in [0.15, 0.2) is 16.3 Å². The van der Waals surface area contributed by atoms with Crippen molar-refractivity contribution in [2.24, 2.45) is 5.11 Å². The first-order valence-corrected chi connectivity index (χ1v) is 6.99. The highest BCUT2D eigenvalue weighted by Crippen LogP contribution is 2.19. The number of amides is 2. The van der Waals surface area contributed by atoms with Crippen LogP contribution < -0.4 is 0 Å². The van der Waals surface area contributed by atoms with Crippen LogP contribution in [-0.4, -0.2) is 36.8 Å². The van der Waals surface area contributed by atoms with Crippen molar-refractivity contribution in [3.8, 4) is 0 Å². The molecular weight excluding hydrogens is 314 g/mol. The maximum Gasteiger partial charge on any atom is 0.281 e. The van der Waals surface area contributed by atoms with E-state index >= 15 is 0 Å². The van der Waals surface area contributed by atoms with Crippen LogP contribution in [0.5, 0.6) is 0 Å². The Labute approximate surface area is 126 Å². The van der Waals surface area contributed by atoms with Gasteiger partial charge in [0.25, 0.3) is 11.8 Å². The van der Waals surface area contributed by atoms with Crippen LogP contribution in [0.25, 0.3) is 10.4 Å². The summed E-state index contributed by atoms with van der Waals surface area (Å²) in [6.45, 7) is 0. The molecule has 11 heteroatoms. The smallest absolute Gasteiger partial charge is 0.281 e. The Morgan fingerprint density at radius 2 is 2.09 bits per heavy atom. The van der Waals surface area contributed by atoms with Crippen LogP contribution in [0.1, 0.15) is 12.0 Å². The Hall–Kier alpha value is -2.75. The van der Waals surface area contributed by atoms with Crippen molar-refractivity contribution >= 4 is 34.5 Å². The molecule has 0 saturated carbocycles. The molecule has 1 fully saturated rings. The first-order valence-electron chi connectivity index (χ1n) is 5.82. The lowest BCUT2D eigenvalue weighted by molar-refractivity contribution is -0.167. The van der Waals surface area contributed by atoms with Crippen LogP contribution in [0.2, 0.25) is 0 Å². The Bertz CT molecular complexity index is 712. The van der Waals surface area contributed by atoms with Crippen molar-refractivity contribution in [2.75, 3.05) is 0 Å². The zero-order valence-electron chi connectivity index (χ0n) is 10.9. The lowest BCUT2D eigenvalue weighted by atomic mass is 10.2. The summed E-state index contributed by atoms with van der Waals surface area (Å²) in [6, 6.07) is 5.65. The molecule has 10 nitrogen and oxygen atoms in total. The van der Waals surface area contributed by atoms with Gasteiger partial charge >= 0.3 is 0 Å². The molecule has 2 atom stereocenters. The summed E-state index contributed by atoms with van der Waals surface area (Å²) in [5.41, 5.74) is 8.83. The highest BCUT2D eigenvalue weighted by Gasteiger charge is 2.44. The monoisotopic (exact) mass is 323 g/mol. The summed E-state index contributed by atoms with van der Waals surface area (Å²) in [5, 5.41) is 9.99. The molecule has 0 radical (unpaired) electrons. The zero-order valence-corrected chi connectivity index (χ0v) is 11.7. The Balaban J connectivity index is 2.11. The maximum absolute atomic E-state index is 11.7. The first kappa shape index (κ1) is 15.6. The minimum Gasteiger partial charge on any atom is -0.349 e. The van der Waals surface area contributed by atoms with Crippen molar-refractivity contribution in [2.45, 2.75) is 11.7 Å². The molecule has 0 aromatic heterocycles. The number of benzene rings is 1. The summed E-state index contributed by atoms with van der Waals surface area (Å²) in [6.07, 6.45) is -0.453. The van der Waals surface area contributed by atoms with Crippen LogP contribution >= 0.6 is 0 Å². The molecule has 22 heavy (non-hydrogen) atoms. The van der Waals surface area contributed by atoms with E-state index in [1.165, 1.54) is 24.3 Å². The number of azide groups is 1. The van der Waals surface area contributed by atoms with E-state index in [0.717, 1.165) is 0 Å². The van der Waals surface area contributed by atoms with E-state index in [4.69, 9.17) is 20.3 Å². The molecule has 0 bridgehead atoms. The summed E-state index contributed by atoms with van der Waals surface area (Å²) in [4.78, 5) is 30.8. The summed E-state index contributed by atoms with van der Waals surface area (Å²) in [5.74, 6) is -2.27. The van der Waals surface area contributed by atoms with Gasteiger partial charge in [0.1, 0.15) is 0 Å². The minimum atomic E-state index is -2.49. The third-order valence-electron chi connectivity index (χ3n) is 2.78. The number of hydrogen-bond donors (Lipinski definition) is 2. The fourth-order valence-corrected chi connectivity index (χ4v) is 2.26. The number of nitrogens with one attached hydrogen (secondary N) is 1. The van der Waals surface area contributed by atoms with Crippen molar-refractivity contribution < 1.29 is 23.2 Å². The van der Waals surface area contributed by atoms with Gasteiger partial charge in [-0.1, -0.05) is 17.2 Å². The molecule has 0 aliphatic carbocycles. The number of carbonyl (C=O) groups is 2. The highest BCUT2D eigenvalue weighted by atomic mass is 32.2. The van der Waals surface area contributed by atoms with Crippen molar-refractivity contribution in [3.63, 3.8) is 0 Å². The number of hydrogen-bond acceptors (Lipinski definition) is 6. The Morgan fingerprint density at radius 3 is 2.59 bits per heavy atom. The van der Waals surface area contributed by atoms with Crippen LogP contribution in [0, 0.1) is 5.41 Å². The highest BCUT2D eigenvalue weighted by molar-refractivity contribution is 7.80. The topological polar surface area (TPSA) is 157 Å². The van der Waals surface area contributed by atoms with Crippen LogP contribution in [0.4, 0.5) is 5.69 Å². The van der Waals surface area contributed by atoms with Gasteiger partial charge in [0, 0.05) is 16.2 Å². The van der Waals surface area contributed by atoms with Crippen LogP contribution in [0.3, 0.4) is 0 Å². The standard InChI is InChI=1S/C11H9N5O5S/c12-10(6-1-3-7(4-2-6)14-15-13)21-16-9(17)5-8(11(16)18)22(19)20/h1-4,8,12H,5H2,(H,19,20). The molecule has 2 unspecified atom stereocenters. The molecule has 1 aliphatic rings. The van der Waals surface area contributed by atoms with E-state index in [0.29, 0.717) is 10.8 Å². The lowest BCUT2D eigenvalue weighted by Crippen LogP contribution is -2.35. The number of carbonyl (C=O) groups excluding carboxylic acids is 2. The summed E-state index contributed by atoms with van der Waals surface area (Å²) in [7, 11) is 0. The second-order valence-electron chi connectivity index (χ2n) is 4.15. The second-order valence-corrected chi connectivity index (χ2v) is 5.27. The molecule has 2 amide bonds. The van der Waals surface area contributed by atoms with E-state index in [1.54, 1.807) is 0 Å². The maximum atomic E-state index is 11.7. The molecule has 2 rings (SSSR count). The first-order chi connectivity index (χ1) is 10.4. The van der Waals surface area contributed by atoms with E-state index in [1.807, 2.05) is 0 Å². The van der Waals surface area contributed by atoms with Gasteiger partial charge in [-0.15, -0.1) is 5.06 Å².